The molecule has 0 saturated carbocycles. The second-order valence-corrected chi connectivity index (χ2v) is 5.82. The van der Waals surface area contributed by atoms with Gasteiger partial charge in [0.15, 0.2) is 0 Å². The predicted octanol–water partition coefficient (Wildman–Crippen LogP) is 3.28. The lowest BCUT2D eigenvalue weighted by Gasteiger charge is -2.19. The first-order valence-corrected chi connectivity index (χ1v) is 6.53. The van der Waals surface area contributed by atoms with Crippen molar-refractivity contribution in [2.24, 2.45) is 0 Å². The van der Waals surface area contributed by atoms with Crippen LogP contribution in [0, 0.1) is 0 Å². The number of hydrogen-bond acceptors (Lipinski definition) is 2. The summed E-state index contributed by atoms with van der Waals surface area (Å²) >= 11 is 0. The Labute approximate surface area is 100 Å². The fourth-order valence-electron chi connectivity index (χ4n) is 1.95. The van der Waals surface area contributed by atoms with Crippen molar-refractivity contribution in [3.63, 3.8) is 0 Å². The average Bonchev–Trinajstić information content (AvgIpc) is 2.56. The van der Waals surface area contributed by atoms with Crippen molar-refractivity contribution < 1.29 is 4.74 Å². The van der Waals surface area contributed by atoms with E-state index in [1.165, 1.54) is 12.8 Å². The minimum Gasteiger partial charge on any atom is -0.375 e. The van der Waals surface area contributed by atoms with E-state index >= 15 is 0 Å². The Bertz CT molecular complexity index is 217. The molecule has 94 valence electrons. The van der Waals surface area contributed by atoms with Crippen LogP contribution in [0.15, 0.2) is 12.2 Å². The summed E-state index contributed by atoms with van der Waals surface area (Å²) in [7, 11) is 0. The van der Waals surface area contributed by atoms with Gasteiger partial charge in [-0.15, -0.1) is 0 Å². The molecule has 1 heterocycles. The molecule has 1 rings (SSSR count). The molecule has 0 bridgehead atoms. The maximum absolute atomic E-state index is 5.76. The van der Waals surface area contributed by atoms with Crippen LogP contribution in [0.2, 0.25) is 0 Å². The topological polar surface area (TPSA) is 21.3 Å². The normalized spacial score (nSPS) is 26.8. The molecule has 1 fully saturated rings. The van der Waals surface area contributed by atoms with Gasteiger partial charge in [0.2, 0.25) is 0 Å². The summed E-state index contributed by atoms with van der Waals surface area (Å²) in [5, 5.41) is 3.47. The van der Waals surface area contributed by atoms with Crippen LogP contribution in [-0.2, 0) is 4.74 Å². The zero-order chi connectivity index (χ0) is 12.0. The SMILES string of the molecule is CC1CCC(C/C=C/CCNC(C)(C)C)O1. The van der Waals surface area contributed by atoms with E-state index in [1.54, 1.807) is 0 Å². The van der Waals surface area contributed by atoms with E-state index in [0.29, 0.717) is 12.2 Å². The van der Waals surface area contributed by atoms with Crippen LogP contribution in [0.3, 0.4) is 0 Å². The molecular weight excluding hydrogens is 198 g/mol. The second kappa shape index (κ2) is 6.41. The third kappa shape index (κ3) is 6.29. The quantitative estimate of drug-likeness (QED) is 0.573. The molecule has 1 saturated heterocycles. The summed E-state index contributed by atoms with van der Waals surface area (Å²) in [6.07, 6.45) is 10.1. The molecule has 16 heavy (non-hydrogen) atoms. The fraction of sp³-hybridized carbons (Fsp3) is 0.857. The molecule has 0 radical (unpaired) electrons. The van der Waals surface area contributed by atoms with Gasteiger partial charge in [-0.1, -0.05) is 12.2 Å². The molecule has 2 atom stereocenters. The molecule has 0 aromatic heterocycles. The molecule has 2 heteroatoms. The largest absolute Gasteiger partial charge is 0.375 e. The van der Waals surface area contributed by atoms with Gasteiger partial charge in [-0.05, 0) is 59.9 Å². The summed E-state index contributed by atoms with van der Waals surface area (Å²) in [4.78, 5) is 0. The third-order valence-corrected chi connectivity index (χ3v) is 2.85. The van der Waals surface area contributed by atoms with Crippen molar-refractivity contribution >= 4 is 0 Å². The minimum atomic E-state index is 0.234. The Morgan fingerprint density at radius 3 is 2.56 bits per heavy atom. The van der Waals surface area contributed by atoms with Crippen LogP contribution >= 0.6 is 0 Å². The first-order chi connectivity index (χ1) is 7.47. The van der Waals surface area contributed by atoms with E-state index < -0.39 is 0 Å². The number of hydrogen-bond donors (Lipinski definition) is 1. The van der Waals surface area contributed by atoms with Gasteiger partial charge in [0.1, 0.15) is 0 Å². The van der Waals surface area contributed by atoms with Crippen molar-refractivity contribution in [2.75, 3.05) is 6.54 Å². The lowest BCUT2D eigenvalue weighted by atomic mass is 10.1. The first-order valence-electron chi connectivity index (χ1n) is 6.53. The highest BCUT2D eigenvalue weighted by Crippen LogP contribution is 2.21. The van der Waals surface area contributed by atoms with Gasteiger partial charge in [-0.2, -0.15) is 0 Å². The Hall–Kier alpha value is -0.340. The highest BCUT2D eigenvalue weighted by Gasteiger charge is 2.19. The maximum atomic E-state index is 5.76. The van der Waals surface area contributed by atoms with Crippen molar-refractivity contribution in [1.82, 2.24) is 5.32 Å². The summed E-state index contributed by atoms with van der Waals surface area (Å²) in [6.45, 7) is 9.82. The van der Waals surface area contributed by atoms with Gasteiger partial charge in [0.05, 0.1) is 12.2 Å². The van der Waals surface area contributed by atoms with Gasteiger partial charge < -0.3 is 10.1 Å². The predicted molar refractivity (Wildman–Crippen MR) is 69.7 cm³/mol. The highest BCUT2D eigenvalue weighted by atomic mass is 16.5. The van der Waals surface area contributed by atoms with E-state index in [2.05, 4.69) is 45.2 Å². The average molecular weight is 225 g/mol. The summed E-state index contributed by atoms with van der Waals surface area (Å²) < 4.78 is 5.76. The minimum absolute atomic E-state index is 0.234. The Morgan fingerprint density at radius 1 is 1.25 bits per heavy atom. The van der Waals surface area contributed by atoms with Crippen LogP contribution < -0.4 is 5.32 Å². The van der Waals surface area contributed by atoms with Crippen molar-refractivity contribution in [1.29, 1.82) is 0 Å². The van der Waals surface area contributed by atoms with Crippen molar-refractivity contribution in [2.45, 2.75) is 71.1 Å². The van der Waals surface area contributed by atoms with E-state index in [1.807, 2.05) is 0 Å². The van der Waals surface area contributed by atoms with Gasteiger partial charge >= 0.3 is 0 Å². The Morgan fingerprint density at radius 2 is 2.00 bits per heavy atom. The standard InChI is InChI=1S/C14H27NO/c1-12-9-10-13(16-12)8-6-5-7-11-15-14(2,3)4/h5-6,12-13,15H,7-11H2,1-4H3/b6-5+. The zero-order valence-corrected chi connectivity index (χ0v) is 11.3. The molecule has 0 aliphatic carbocycles. The van der Waals surface area contributed by atoms with E-state index in [4.69, 9.17) is 4.74 Å². The zero-order valence-electron chi connectivity index (χ0n) is 11.3. The molecule has 0 aromatic carbocycles. The van der Waals surface area contributed by atoms with Gasteiger partial charge in [0.25, 0.3) is 0 Å². The van der Waals surface area contributed by atoms with Gasteiger partial charge in [0, 0.05) is 5.54 Å². The summed E-state index contributed by atoms with van der Waals surface area (Å²) in [5.74, 6) is 0. The van der Waals surface area contributed by atoms with Crippen LogP contribution in [0.4, 0.5) is 0 Å². The number of ether oxygens (including phenoxy) is 1. The van der Waals surface area contributed by atoms with Crippen molar-refractivity contribution in [3.05, 3.63) is 12.2 Å². The Kier molecular flexibility index (Phi) is 5.50. The maximum Gasteiger partial charge on any atom is 0.0614 e. The number of nitrogens with one attached hydrogen (secondary N) is 1. The summed E-state index contributed by atoms with van der Waals surface area (Å²) in [6, 6.07) is 0. The molecule has 1 aliphatic rings. The van der Waals surface area contributed by atoms with Gasteiger partial charge in [-0.25, -0.2) is 0 Å². The monoisotopic (exact) mass is 225 g/mol. The highest BCUT2D eigenvalue weighted by molar-refractivity contribution is 4.87. The molecule has 0 spiro atoms. The molecular formula is C14H27NO. The number of rotatable bonds is 5. The van der Waals surface area contributed by atoms with E-state index in [0.717, 1.165) is 19.4 Å². The van der Waals surface area contributed by atoms with Crippen LogP contribution in [0.1, 0.15) is 53.4 Å². The molecule has 0 aromatic rings. The van der Waals surface area contributed by atoms with Gasteiger partial charge in [-0.3, -0.25) is 0 Å². The molecule has 0 amide bonds. The lowest BCUT2D eigenvalue weighted by Crippen LogP contribution is -2.36. The lowest BCUT2D eigenvalue weighted by molar-refractivity contribution is 0.0579. The molecule has 2 nitrogen and oxygen atoms in total. The smallest absolute Gasteiger partial charge is 0.0614 e. The fourth-order valence-corrected chi connectivity index (χ4v) is 1.95. The third-order valence-electron chi connectivity index (χ3n) is 2.85. The van der Waals surface area contributed by atoms with Crippen LogP contribution in [0.25, 0.3) is 0 Å². The van der Waals surface area contributed by atoms with Crippen LogP contribution in [0.5, 0.6) is 0 Å². The van der Waals surface area contributed by atoms with E-state index in [9.17, 15) is 0 Å². The Balaban J connectivity index is 2.01. The second-order valence-electron chi connectivity index (χ2n) is 5.82. The molecule has 1 aliphatic heterocycles. The first kappa shape index (κ1) is 13.7. The molecule has 2 unspecified atom stereocenters. The van der Waals surface area contributed by atoms with Crippen molar-refractivity contribution in [3.8, 4) is 0 Å². The summed E-state index contributed by atoms with van der Waals surface area (Å²) in [5.41, 5.74) is 0.234. The van der Waals surface area contributed by atoms with Crippen LogP contribution in [-0.4, -0.2) is 24.3 Å². The van der Waals surface area contributed by atoms with E-state index in [-0.39, 0.29) is 5.54 Å². The molecule has 1 N–H and O–H groups in total.